The van der Waals surface area contributed by atoms with Gasteiger partial charge in [0.25, 0.3) is 5.91 Å². The number of amides is 1. The van der Waals surface area contributed by atoms with E-state index in [9.17, 15) is 9.18 Å². The third-order valence-corrected chi connectivity index (χ3v) is 3.53. The number of rotatable bonds is 3. The monoisotopic (exact) mass is 290 g/mol. The lowest BCUT2D eigenvalue weighted by Crippen LogP contribution is -2.35. The number of hydrogen-bond acceptors (Lipinski definition) is 4. The fourth-order valence-corrected chi connectivity index (χ4v) is 2.47. The van der Waals surface area contributed by atoms with E-state index in [4.69, 9.17) is 4.74 Å². The summed E-state index contributed by atoms with van der Waals surface area (Å²) in [6.07, 6.45) is 1.15. The average Bonchev–Trinajstić information content (AvgIpc) is 3.03. The highest BCUT2D eigenvalue weighted by molar-refractivity contribution is 5.92. The number of aromatic nitrogens is 3. The van der Waals surface area contributed by atoms with Crippen molar-refractivity contribution in [3.63, 3.8) is 0 Å². The van der Waals surface area contributed by atoms with E-state index in [1.807, 2.05) is 13.8 Å². The molecule has 0 aliphatic carbocycles. The summed E-state index contributed by atoms with van der Waals surface area (Å²) in [6, 6.07) is 4.00. The zero-order valence-electron chi connectivity index (χ0n) is 11.7. The fraction of sp³-hybridized carbons (Fsp3) is 0.357. The van der Waals surface area contributed by atoms with Crippen LogP contribution in [-0.2, 0) is 6.54 Å². The normalized spacial score (nSPS) is 20.0. The molecular formula is C14H15FN4O2. The first-order valence-electron chi connectivity index (χ1n) is 6.75. The highest BCUT2D eigenvalue weighted by Gasteiger charge is 2.33. The number of fused-ring (bicyclic) bond motifs is 1. The van der Waals surface area contributed by atoms with Crippen LogP contribution in [0.1, 0.15) is 35.9 Å². The molecule has 0 radical (unpaired) electrons. The van der Waals surface area contributed by atoms with Gasteiger partial charge in [0.15, 0.2) is 0 Å². The summed E-state index contributed by atoms with van der Waals surface area (Å²) in [5, 5.41) is 10.5. The average molecular weight is 290 g/mol. The lowest BCUT2D eigenvalue weighted by atomic mass is 10.0. The summed E-state index contributed by atoms with van der Waals surface area (Å²) < 4.78 is 20.3. The lowest BCUT2D eigenvalue weighted by molar-refractivity contribution is 0.0897. The van der Waals surface area contributed by atoms with Crippen molar-refractivity contribution in [2.45, 2.75) is 32.5 Å². The van der Waals surface area contributed by atoms with Gasteiger partial charge in [-0.1, -0.05) is 11.3 Å². The number of nitrogens with zero attached hydrogens (tertiary/aromatic N) is 3. The number of benzene rings is 1. The standard InChI is InChI=1S/C14H15FN4O2/c1-3-19-11(7-16-18-19)14(20)17-13-8(2)21-12-6-9(15)4-5-10(12)13/h4-8,13H,3H2,1-2H3,(H,17,20). The molecule has 0 saturated carbocycles. The van der Waals surface area contributed by atoms with Gasteiger partial charge in [-0.15, -0.1) is 5.10 Å². The van der Waals surface area contributed by atoms with Gasteiger partial charge in [-0.25, -0.2) is 9.07 Å². The number of nitrogens with one attached hydrogen (secondary N) is 1. The second-order valence-corrected chi connectivity index (χ2v) is 4.89. The number of aryl methyl sites for hydroxylation is 1. The van der Waals surface area contributed by atoms with Crippen molar-refractivity contribution >= 4 is 5.91 Å². The molecule has 7 heteroatoms. The first kappa shape index (κ1) is 13.5. The van der Waals surface area contributed by atoms with Gasteiger partial charge >= 0.3 is 0 Å². The molecule has 1 aliphatic heterocycles. The molecule has 1 aromatic heterocycles. The highest BCUT2D eigenvalue weighted by atomic mass is 19.1. The molecule has 0 spiro atoms. The Morgan fingerprint density at radius 1 is 1.52 bits per heavy atom. The molecule has 1 amide bonds. The van der Waals surface area contributed by atoms with Crippen LogP contribution in [0.25, 0.3) is 0 Å². The van der Waals surface area contributed by atoms with Crippen LogP contribution in [0.2, 0.25) is 0 Å². The Balaban J connectivity index is 1.84. The first-order valence-corrected chi connectivity index (χ1v) is 6.75. The Labute approximate surface area is 120 Å². The van der Waals surface area contributed by atoms with Gasteiger partial charge in [0.05, 0.1) is 12.2 Å². The zero-order chi connectivity index (χ0) is 15.0. The van der Waals surface area contributed by atoms with Crippen molar-refractivity contribution in [3.05, 3.63) is 41.5 Å². The molecule has 2 heterocycles. The smallest absolute Gasteiger partial charge is 0.271 e. The minimum atomic E-state index is -0.360. The topological polar surface area (TPSA) is 69.0 Å². The molecule has 110 valence electrons. The Hall–Kier alpha value is -2.44. The minimum absolute atomic E-state index is 0.267. The Morgan fingerprint density at radius 2 is 2.33 bits per heavy atom. The third kappa shape index (κ3) is 2.35. The second-order valence-electron chi connectivity index (χ2n) is 4.89. The second kappa shape index (κ2) is 5.16. The Kier molecular flexibility index (Phi) is 3.32. The van der Waals surface area contributed by atoms with Crippen LogP contribution in [0.3, 0.4) is 0 Å². The summed E-state index contributed by atoms with van der Waals surface area (Å²) in [5.41, 5.74) is 1.16. The van der Waals surface area contributed by atoms with Gasteiger partial charge in [-0.2, -0.15) is 0 Å². The van der Waals surface area contributed by atoms with Crippen molar-refractivity contribution in [2.24, 2.45) is 0 Å². The molecule has 3 rings (SSSR count). The molecule has 2 atom stereocenters. The summed E-state index contributed by atoms with van der Waals surface area (Å²) in [5.74, 6) is -0.171. The van der Waals surface area contributed by atoms with E-state index < -0.39 is 0 Å². The summed E-state index contributed by atoms with van der Waals surface area (Å²) in [6.45, 7) is 4.27. The summed E-state index contributed by atoms with van der Waals surface area (Å²) in [7, 11) is 0. The van der Waals surface area contributed by atoms with Crippen molar-refractivity contribution < 1.29 is 13.9 Å². The first-order chi connectivity index (χ1) is 10.1. The summed E-state index contributed by atoms with van der Waals surface area (Å²) >= 11 is 0. The largest absolute Gasteiger partial charge is 0.488 e. The predicted octanol–water partition coefficient (Wildman–Crippen LogP) is 1.69. The molecule has 0 bridgehead atoms. The van der Waals surface area contributed by atoms with E-state index in [1.165, 1.54) is 23.0 Å². The van der Waals surface area contributed by atoms with Crippen molar-refractivity contribution in [2.75, 3.05) is 0 Å². The van der Waals surface area contributed by atoms with E-state index in [1.54, 1.807) is 6.07 Å². The highest BCUT2D eigenvalue weighted by Crippen LogP contribution is 2.36. The molecule has 2 aromatic rings. The van der Waals surface area contributed by atoms with E-state index in [-0.39, 0.29) is 23.9 Å². The quantitative estimate of drug-likeness (QED) is 0.934. The van der Waals surface area contributed by atoms with Crippen molar-refractivity contribution in [1.29, 1.82) is 0 Å². The van der Waals surface area contributed by atoms with Crippen LogP contribution in [0.4, 0.5) is 4.39 Å². The number of carbonyl (C=O) groups is 1. The molecule has 21 heavy (non-hydrogen) atoms. The van der Waals surface area contributed by atoms with Crippen LogP contribution < -0.4 is 10.1 Å². The van der Waals surface area contributed by atoms with Crippen LogP contribution in [0.5, 0.6) is 5.75 Å². The molecule has 1 aromatic carbocycles. The molecule has 1 aliphatic rings. The molecule has 0 saturated heterocycles. The van der Waals surface area contributed by atoms with Gasteiger partial charge < -0.3 is 10.1 Å². The van der Waals surface area contributed by atoms with Crippen LogP contribution in [0, 0.1) is 5.82 Å². The van der Waals surface area contributed by atoms with E-state index in [0.717, 1.165) is 5.56 Å². The van der Waals surface area contributed by atoms with E-state index in [0.29, 0.717) is 18.0 Å². The van der Waals surface area contributed by atoms with E-state index in [2.05, 4.69) is 15.6 Å². The third-order valence-electron chi connectivity index (χ3n) is 3.53. The molecule has 1 N–H and O–H groups in total. The van der Waals surface area contributed by atoms with Crippen molar-refractivity contribution in [3.8, 4) is 5.75 Å². The predicted molar refractivity (Wildman–Crippen MR) is 72.4 cm³/mol. The van der Waals surface area contributed by atoms with Crippen LogP contribution >= 0.6 is 0 Å². The molecule has 2 unspecified atom stereocenters. The number of halogens is 1. The maximum atomic E-state index is 13.2. The van der Waals surface area contributed by atoms with Gasteiger partial charge in [0.1, 0.15) is 23.4 Å². The lowest BCUT2D eigenvalue weighted by Gasteiger charge is -2.16. The van der Waals surface area contributed by atoms with Gasteiger partial charge in [-0.3, -0.25) is 4.79 Å². The maximum absolute atomic E-state index is 13.2. The van der Waals surface area contributed by atoms with Crippen LogP contribution in [0.15, 0.2) is 24.4 Å². The van der Waals surface area contributed by atoms with Gasteiger partial charge in [-0.05, 0) is 19.9 Å². The van der Waals surface area contributed by atoms with Gasteiger partial charge in [0.2, 0.25) is 0 Å². The number of carbonyl (C=O) groups excluding carboxylic acids is 1. The molecule has 6 nitrogen and oxygen atoms in total. The van der Waals surface area contributed by atoms with Crippen molar-refractivity contribution in [1.82, 2.24) is 20.3 Å². The Bertz CT molecular complexity index is 685. The molecule has 0 fully saturated rings. The van der Waals surface area contributed by atoms with E-state index >= 15 is 0 Å². The summed E-state index contributed by atoms with van der Waals surface area (Å²) in [4.78, 5) is 12.3. The Morgan fingerprint density at radius 3 is 3.10 bits per heavy atom. The fourth-order valence-electron chi connectivity index (χ4n) is 2.47. The minimum Gasteiger partial charge on any atom is -0.488 e. The zero-order valence-corrected chi connectivity index (χ0v) is 11.7. The molecular weight excluding hydrogens is 275 g/mol. The maximum Gasteiger partial charge on any atom is 0.271 e. The van der Waals surface area contributed by atoms with Crippen LogP contribution in [-0.4, -0.2) is 27.0 Å². The van der Waals surface area contributed by atoms with Gasteiger partial charge in [0, 0.05) is 18.2 Å². The number of ether oxygens (including phenoxy) is 1. The number of hydrogen-bond donors (Lipinski definition) is 1. The SMILES string of the molecule is CCn1nncc1C(=O)NC1c2ccc(F)cc2OC1C.